The Morgan fingerprint density at radius 1 is 1.20 bits per heavy atom. The van der Waals surface area contributed by atoms with Gasteiger partial charge in [-0.2, -0.15) is 4.98 Å². The molecule has 1 aromatic heterocycles. The standard InChI is InChI=1S/C11H7BrF3N3O2/c12-7-5-6(1-2-8(7)20-11(13,14)15)19-10-17-4-3-9(16)18-10/h1-5H,(H2,16,17,18). The Morgan fingerprint density at radius 2 is 1.95 bits per heavy atom. The van der Waals surface area contributed by atoms with Crippen molar-refractivity contribution in [2.45, 2.75) is 6.36 Å². The molecule has 20 heavy (non-hydrogen) atoms. The van der Waals surface area contributed by atoms with Crippen LogP contribution in [-0.2, 0) is 0 Å². The van der Waals surface area contributed by atoms with Crippen molar-refractivity contribution >= 4 is 21.7 Å². The van der Waals surface area contributed by atoms with Crippen LogP contribution >= 0.6 is 15.9 Å². The summed E-state index contributed by atoms with van der Waals surface area (Å²) in [5, 5.41) is 0. The van der Waals surface area contributed by atoms with Crippen molar-refractivity contribution in [2.75, 3.05) is 5.73 Å². The number of halogens is 4. The predicted molar refractivity (Wildman–Crippen MR) is 67.3 cm³/mol. The minimum Gasteiger partial charge on any atom is -0.424 e. The lowest BCUT2D eigenvalue weighted by molar-refractivity contribution is -0.274. The number of benzene rings is 1. The summed E-state index contributed by atoms with van der Waals surface area (Å²) in [6, 6.07) is 5.16. The summed E-state index contributed by atoms with van der Waals surface area (Å²) >= 11 is 2.96. The first-order valence-electron chi connectivity index (χ1n) is 5.15. The summed E-state index contributed by atoms with van der Waals surface area (Å²) in [4.78, 5) is 7.60. The maximum absolute atomic E-state index is 12.1. The molecule has 0 unspecified atom stereocenters. The van der Waals surface area contributed by atoms with Crippen LogP contribution in [0.4, 0.5) is 19.0 Å². The second-order valence-electron chi connectivity index (χ2n) is 3.51. The average Bonchev–Trinajstić information content (AvgIpc) is 2.31. The third kappa shape index (κ3) is 3.98. The van der Waals surface area contributed by atoms with E-state index in [1.165, 1.54) is 24.4 Å². The lowest BCUT2D eigenvalue weighted by atomic mass is 10.3. The van der Waals surface area contributed by atoms with Gasteiger partial charge in [0.05, 0.1) is 4.47 Å². The highest BCUT2D eigenvalue weighted by molar-refractivity contribution is 9.10. The highest BCUT2D eigenvalue weighted by Gasteiger charge is 2.32. The van der Waals surface area contributed by atoms with Gasteiger partial charge < -0.3 is 15.2 Å². The van der Waals surface area contributed by atoms with E-state index in [4.69, 9.17) is 10.5 Å². The van der Waals surface area contributed by atoms with Crippen LogP contribution in [0.15, 0.2) is 34.9 Å². The molecule has 1 heterocycles. The van der Waals surface area contributed by atoms with E-state index in [1.54, 1.807) is 0 Å². The van der Waals surface area contributed by atoms with Gasteiger partial charge in [0, 0.05) is 6.20 Å². The fourth-order valence-electron chi connectivity index (χ4n) is 1.26. The zero-order valence-corrected chi connectivity index (χ0v) is 11.3. The molecule has 2 rings (SSSR count). The van der Waals surface area contributed by atoms with Crippen molar-refractivity contribution in [3.63, 3.8) is 0 Å². The molecule has 0 saturated heterocycles. The van der Waals surface area contributed by atoms with Gasteiger partial charge in [-0.1, -0.05) is 0 Å². The molecule has 0 saturated carbocycles. The van der Waals surface area contributed by atoms with Crippen LogP contribution in [-0.4, -0.2) is 16.3 Å². The monoisotopic (exact) mass is 349 g/mol. The summed E-state index contributed by atoms with van der Waals surface area (Å²) in [7, 11) is 0. The molecule has 0 aliphatic carbocycles. The second-order valence-corrected chi connectivity index (χ2v) is 4.36. The van der Waals surface area contributed by atoms with E-state index in [2.05, 4.69) is 30.6 Å². The Hall–Kier alpha value is -2.03. The normalized spacial score (nSPS) is 11.2. The number of ether oxygens (including phenoxy) is 2. The number of nitrogens with zero attached hydrogens (tertiary/aromatic N) is 2. The van der Waals surface area contributed by atoms with Crippen molar-refractivity contribution in [1.29, 1.82) is 0 Å². The molecule has 0 bridgehead atoms. The van der Waals surface area contributed by atoms with Crippen molar-refractivity contribution in [1.82, 2.24) is 9.97 Å². The van der Waals surface area contributed by atoms with E-state index < -0.39 is 6.36 Å². The minimum absolute atomic E-state index is 0.0126. The molecule has 0 amide bonds. The summed E-state index contributed by atoms with van der Waals surface area (Å²) < 4.78 is 45.5. The van der Waals surface area contributed by atoms with Gasteiger partial charge in [-0.15, -0.1) is 13.2 Å². The van der Waals surface area contributed by atoms with Gasteiger partial charge in [0.2, 0.25) is 0 Å². The topological polar surface area (TPSA) is 70.3 Å². The smallest absolute Gasteiger partial charge is 0.424 e. The number of aromatic nitrogens is 2. The number of hydrogen-bond acceptors (Lipinski definition) is 5. The molecule has 0 aliphatic heterocycles. The van der Waals surface area contributed by atoms with Gasteiger partial charge in [-0.25, -0.2) is 4.98 Å². The molecular formula is C11H7BrF3N3O2. The Bertz CT molecular complexity index is 622. The zero-order chi connectivity index (χ0) is 14.8. The first-order valence-corrected chi connectivity index (χ1v) is 5.94. The average molecular weight is 350 g/mol. The van der Waals surface area contributed by atoms with E-state index in [0.717, 1.165) is 6.07 Å². The summed E-state index contributed by atoms with van der Waals surface area (Å²) in [6.45, 7) is 0. The van der Waals surface area contributed by atoms with Crippen LogP contribution in [0.25, 0.3) is 0 Å². The maximum Gasteiger partial charge on any atom is 0.573 e. The quantitative estimate of drug-likeness (QED) is 0.917. The summed E-state index contributed by atoms with van der Waals surface area (Å²) in [5.41, 5.74) is 5.45. The molecule has 0 fully saturated rings. The predicted octanol–water partition coefficient (Wildman–Crippen LogP) is 3.51. The Morgan fingerprint density at radius 3 is 2.55 bits per heavy atom. The van der Waals surface area contributed by atoms with E-state index in [1.807, 2.05) is 0 Å². The molecule has 2 aromatic rings. The number of hydrogen-bond donors (Lipinski definition) is 1. The highest BCUT2D eigenvalue weighted by atomic mass is 79.9. The lowest BCUT2D eigenvalue weighted by Gasteiger charge is -2.11. The van der Waals surface area contributed by atoms with E-state index in [9.17, 15) is 13.2 Å². The van der Waals surface area contributed by atoms with Crippen LogP contribution in [0.5, 0.6) is 17.5 Å². The second kappa shape index (κ2) is 5.53. The van der Waals surface area contributed by atoms with Crippen molar-refractivity contribution in [2.24, 2.45) is 0 Å². The van der Waals surface area contributed by atoms with Crippen molar-refractivity contribution in [3.8, 4) is 17.5 Å². The number of rotatable bonds is 3. The molecule has 0 atom stereocenters. The fourth-order valence-corrected chi connectivity index (χ4v) is 1.70. The first-order chi connectivity index (χ1) is 9.33. The van der Waals surface area contributed by atoms with Gasteiger partial charge in [-0.05, 0) is 40.2 Å². The molecule has 2 N–H and O–H groups in total. The van der Waals surface area contributed by atoms with E-state index in [0.29, 0.717) is 0 Å². The first kappa shape index (κ1) is 14.4. The lowest BCUT2D eigenvalue weighted by Crippen LogP contribution is -2.17. The molecule has 0 aliphatic rings. The molecule has 5 nitrogen and oxygen atoms in total. The van der Waals surface area contributed by atoms with E-state index in [-0.39, 0.29) is 27.8 Å². The largest absolute Gasteiger partial charge is 0.573 e. The van der Waals surface area contributed by atoms with Crippen LogP contribution in [0.3, 0.4) is 0 Å². The van der Waals surface area contributed by atoms with E-state index >= 15 is 0 Å². The number of nitrogen functional groups attached to an aromatic ring is 1. The Kier molecular flexibility index (Phi) is 3.98. The van der Waals surface area contributed by atoms with Crippen LogP contribution in [0.2, 0.25) is 0 Å². The summed E-state index contributed by atoms with van der Waals surface area (Å²) in [5.74, 6) is 0.0708. The van der Waals surface area contributed by atoms with Gasteiger partial charge in [0.25, 0.3) is 0 Å². The third-order valence-electron chi connectivity index (χ3n) is 1.99. The maximum atomic E-state index is 12.1. The van der Waals surface area contributed by atoms with Crippen LogP contribution < -0.4 is 15.2 Å². The molecule has 9 heteroatoms. The van der Waals surface area contributed by atoms with Gasteiger partial charge >= 0.3 is 12.4 Å². The molecular weight excluding hydrogens is 343 g/mol. The molecule has 106 valence electrons. The van der Waals surface area contributed by atoms with Gasteiger partial charge in [0.1, 0.15) is 17.3 Å². The fraction of sp³-hybridized carbons (Fsp3) is 0.0909. The molecule has 0 radical (unpaired) electrons. The number of anilines is 1. The van der Waals surface area contributed by atoms with Crippen LogP contribution in [0.1, 0.15) is 0 Å². The zero-order valence-electron chi connectivity index (χ0n) is 9.69. The third-order valence-corrected chi connectivity index (χ3v) is 2.61. The van der Waals surface area contributed by atoms with Gasteiger partial charge in [0.15, 0.2) is 0 Å². The minimum atomic E-state index is -4.76. The highest BCUT2D eigenvalue weighted by Crippen LogP contribution is 2.34. The van der Waals surface area contributed by atoms with Gasteiger partial charge in [-0.3, -0.25) is 0 Å². The van der Waals surface area contributed by atoms with Crippen molar-refractivity contribution < 1.29 is 22.6 Å². The number of nitrogens with two attached hydrogens (primary N) is 1. The molecule has 1 aromatic carbocycles. The SMILES string of the molecule is Nc1ccnc(Oc2ccc(OC(F)(F)F)c(Br)c2)n1. The Balaban J connectivity index is 2.17. The van der Waals surface area contributed by atoms with Crippen LogP contribution in [0, 0.1) is 0 Å². The van der Waals surface area contributed by atoms with Crippen molar-refractivity contribution in [3.05, 3.63) is 34.9 Å². The number of alkyl halides is 3. The summed E-state index contributed by atoms with van der Waals surface area (Å²) in [6.07, 6.45) is -3.37. The molecule has 0 spiro atoms. The Labute approximate surface area is 119 Å².